The van der Waals surface area contributed by atoms with Crippen molar-refractivity contribution in [2.24, 2.45) is 5.92 Å². The monoisotopic (exact) mass is 307 g/mol. The van der Waals surface area contributed by atoms with Crippen molar-refractivity contribution in [3.63, 3.8) is 0 Å². The Morgan fingerprint density at radius 3 is 2.80 bits per heavy atom. The maximum absolute atomic E-state index is 12.3. The summed E-state index contributed by atoms with van der Waals surface area (Å²) in [4.78, 5) is 11.6. The Labute approximate surface area is 121 Å². The van der Waals surface area contributed by atoms with Gasteiger partial charge < -0.3 is 10.1 Å². The van der Waals surface area contributed by atoms with Gasteiger partial charge in [-0.15, -0.1) is 0 Å². The van der Waals surface area contributed by atoms with E-state index in [4.69, 9.17) is 4.74 Å². The Bertz CT molecular complexity index is 413. The van der Waals surface area contributed by atoms with Gasteiger partial charge >= 0.3 is 0 Å². The molecule has 118 valence electrons. The molecule has 0 aromatic carbocycles. The van der Waals surface area contributed by atoms with Crippen LogP contribution in [0.15, 0.2) is 0 Å². The quantitative estimate of drug-likeness (QED) is 0.653. The number of hydrogen-bond acceptors (Lipinski definition) is 4. The molecule has 8 heteroatoms. The summed E-state index contributed by atoms with van der Waals surface area (Å²) in [6.45, 7) is 3.71. The first kappa shape index (κ1) is 17.4. The lowest BCUT2D eigenvalue weighted by Gasteiger charge is -2.32. The van der Waals surface area contributed by atoms with Crippen LogP contribution in [-0.4, -0.2) is 69.9 Å². The molecule has 0 aromatic rings. The summed E-state index contributed by atoms with van der Waals surface area (Å²) in [7, 11) is -0.569. The number of nitrogens with zero attached hydrogens (tertiary/aromatic N) is 2. The number of nitrogens with one attached hydrogen (secondary N) is 1. The van der Waals surface area contributed by atoms with Crippen LogP contribution in [0.25, 0.3) is 0 Å². The van der Waals surface area contributed by atoms with Gasteiger partial charge in [-0.3, -0.25) is 4.79 Å². The number of likely N-dealkylation sites (N-methyl/N-ethyl adjacent to an activating group) is 1. The Hall–Kier alpha value is -0.700. The molecule has 0 aliphatic carbocycles. The summed E-state index contributed by atoms with van der Waals surface area (Å²) in [6.07, 6.45) is 1.92. The van der Waals surface area contributed by atoms with Gasteiger partial charge in [0.25, 0.3) is 10.2 Å². The van der Waals surface area contributed by atoms with E-state index in [9.17, 15) is 13.2 Å². The summed E-state index contributed by atoms with van der Waals surface area (Å²) < 4.78 is 32.1. The Kier molecular flexibility index (Phi) is 6.87. The highest BCUT2D eigenvalue weighted by atomic mass is 32.2. The molecule has 0 aromatic heterocycles. The van der Waals surface area contributed by atoms with Gasteiger partial charge in [-0.05, 0) is 18.8 Å². The van der Waals surface area contributed by atoms with E-state index in [-0.39, 0.29) is 12.5 Å². The van der Waals surface area contributed by atoms with Crippen LogP contribution in [-0.2, 0) is 19.7 Å². The lowest BCUT2D eigenvalue weighted by molar-refractivity contribution is -0.121. The van der Waals surface area contributed by atoms with E-state index in [1.807, 2.05) is 6.92 Å². The van der Waals surface area contributed by atoms with E-state index in [2.05, 4.69) is 5.32 Å². The summed E-state index contributed by atoms with van der Waals surface area (Å²) in [6, 6.07) is 0. The van der Waals surface area contributed by atoms with Crippen LogP contribution in [0.1, 0.15) is 19.8 Å². The predicted molar refractivity (Wildman–Crippen MR) is 76.4 cm³/mol. The predicted octanol–water partition coefficient (Wildman–Crippen LogP) is -0.342. The van der Waals surface area contributed by atoms with Crippen LogP contribution < -0.4 is 5.32 Å². The van der Waals surface area contributed by atoms with Crippen molar-refractivity contribution in [2.75, 3.05) is 46.9 Å². The van der Waals surface area contributed by atoms with Crippen molar-refractivity contribution < 1.29 is 17.9 Å². The maximum Gasteiger partial charge on any atom is 0.282 e. The fraction of sp³-hybridized carbons (Fsp3) is 0.917. The van der Waals surface area contributed by atoms with Gasteiger partial charge in [0.2, 0.25) is 5.91 Å². The molecule has 1 fully saturated rings. The highest BCUT2D eigenvalue weighted by Crippen LogP contribution is 2.19. The summed E-state index contributed by atoms with van der Waals surface area (Å²) >= 11 is 0. The molecule has 20 heavy (non-hydrogen) atoms. The minimum Gasteiger partial charge on any atom is -0.383 e. The molecule has 1 heterocycles. The highest BCUT2D eigenvalue weighted by molar-refractivity contribution is 7.86. The first-order chi connectivity index (χ1) is 9.37. The van der Waals surface area contributed by atoms with Gasteiger partial charge in [0.05, 0.1) is 13.2 Å². The second-order valence-electron chi connectivity index (χ2n) is 5.21. The third-order valence-electron chi connectivity index (χ3n) is 3.33. The third-order valence-corrected chi connectivity index (χ3v) is 5.24. The van der Waals surface area contributed by atoms with Gasteiger partial charge in [0, 0.05) is 33.8 Å². The van der Waals surface area contributed by atoms with Crippen LogP contribution in [0.2, 0.25) is 0 Å². The summed E-state index contributed by atoms with van der Waals surface area (Å²) in [5.74, 6) is 0.0423. The molecule has 1 aliphatic heterocycles. The van der Waals surface area contributed by atoms with Crippen molar-refractivity contribution in [1.82, 2.24) is 13.9 Å². The lowest BCUT2D eigenvalue weighted by Crippen LogP contribution is -2.49. The molecule has 0 unspecified atom stereocenters. The van der Waals surface area contributed by atoms with E-state index in [1.165, 1.54) is 11.4 Å². The van der Waals surface area contributed by atoms with E-state index < -0.39 is 10.2 Å². The molecule has 0 saturated carbocycles. The van der Waals surface area contributed by atoms with Crippen LogP contribution >= 0.6 is 0 Å². The van der Waals surface area contributed by atoms with E-state index in [0.29, 0.717) is 32.2 Å². The van der Waals surface area contributed by atoms with Crippen molar-refractivity contribution in [3.8, 4) is 0 Å². The Morgan fingerprint density at radius 2 is 2.20 bits per heavy atom. The topological polar surface area (TPSA) is 79.0 Å². The van der Waals surface area contributed by atoms with Gasteiger partial charge in [-0.25, -0.2) is 0 Å². The van der Waals surface area contributed by atoms with Gasteiger partial charge in [0.15, 0.2) is 0 Å². The second kappa shape index (κ2) is 7.92. The Balaban J connectivity index is 2.51. The number of hydrogen-bond donors (Lipinski definition) is 1. The van der Waals surface area contributed by atoms with Gasteiger partial charge in [-0.1, -0.05) is 6.92 Å². The zero-order valence-corrected chi connectivity index (χ0v) is 13.3. The van der Waals surface area contributed by atoms with Crippen molar-refractivity contribution in [2.45, 2.75) is 19.8 Å². The molecule has 1 rings (SSSR count). The van der Waals surface area contributed by atoms with Crippen molar-refractivity contribution in [1.29, 1.82) is 0 Å². The molecular weight excluding hydrogens is 282 g/mol. The van der Waals surface area contributed by atoms with Gasteiger partial charge in [0.1, 0.15) is 0 Å². The fourth-order valence-corrected chi connectivity index (χ4v) is 3.66. The van der Waals surface area contributed by atoms with Crippen LogP contribution in [0.5, 0.6) is 0 Å². The summed E-state index contributed by atoms with van der Waals surface area (Å²) in [5, 5.41) is 2.61. The number of methoxy groups -OCH3 is 1. The first-order valence-corrected chi connectivity index (χ1v) is 8.24. The molecule has 1 saturated heterocycles. The number of amides is 1. The van der Waals surface area contributed by atoms with Crippen LogP contribution in [0.3, 0.4) is 0 Å². The standard InChI is InChI=1S/C12H25N3O4S/c1-11-5-4-7-15(9-11)20(17,18)14(2)10-12(16)13-6-8-19-3/h11H,4-10H2,1-3H3,(H,13,16)/t11-/m1/s1. The van der Waals surface area contributed by atoms with Crippen molar-refractivity contribution >= 4 is 16.1 Å². The molecule has 1 N–H and O–H groups in total. The zero-order valence-electron chi connectivity index (χ0n) is 12.5. The SMILES string of the molecule is COCCNC(=O)CN(C)S(=O)(=O)N1CCC[C@@H](C)C1. The number of ether oxygens (including phenoxy) is 1. The molecule has 0 bridgehead atoms. The number of piperidine rings is 1. The fourth-order valence-electron chi connectivity index (χ4n) is 2.19. The maximum atomic E-state index is 12.3. The zero-order chi connectivity index (χ0) is 15.2. The average Bonchev–Trinajstić information content (AvgIpc) is 2.39. The molecule has 1 amide bonds. The molecule has 1 atom stereocenters. The van der Waals surface area contributed by atoms with E-state index in [1.54, 1.807) is 7.11 Å². The first-order valence-electron chi connectivity index (χ1n) is 6.85. The molecule has 0 spiro atoms. The molecular formula is C12H25N3O4S. The number of rotatable bonds is 7. The summed E-state index contributed by atoms with van der Waals surface area (Å²) in [5.41, 5.74) is 0. The minimum absolute atomic E-state index is 0.170. The molecule has 7 nitrogen and oxygen atoms in total. The van der Waals surface area contributed by atoms with Crippen LogP contribution in [0.4, 0.5) is 0 Å². The smallest absolute Gasteiger partial charge is 0.282 e. The highest BCUT2D eigenvalue weighted by Gasteiger charge is 2.31. The Morgan fingerprint density at radius 1 is 1.50 bits per heavy atom. The number of carbonyl (C=O) groups is 1. The van der Waals surface area contributed by atoms with Gasteiger partial charge in [-0.2, -0.15) is 17.0 Å². The minimum atomic E-state index is -3.55. The second-order valence-corrected chi connectivity index (χ2v) is 7.25. The van der Waals surface area contributed by atoms with E-state index in [0.717, 1.165) is 17.1 Å². The number of carbonyl (C=O) groups excluding carboxylic acids is 1. The molecule has 1 aliphatic rings. The van der Waals surface area contributed by atoms with Crippen LogP contribution in [0, 0.1) is 5.92 Å². The lowest BCUT2D eigenvalue weighted by atomic mass is 10.0. The molecule has 0 radical (unpaired) electrons. The van der Waals surface area contributed by atoms with E-state index >= 15 is 0 Å². The average molecular weight is 307 g/mol. The largest absolute Gasteiger partial charge is 0.383 e. The third kappa shape index (κ3) is 5.01. The van der Waals surface area contributed by atoms with Crippen molar-refractivity contribution in [3.05, 3.63) is 0 Å². The normalized spacial score (nSPS) is 21.1.